The van der Waals surface area contributed by atoms with Crippen molar-refractivity contribution in [3.8, 4) is 0 Å². The molecule has 65 valence electrons. The smallest absolute Gasteiger partial charge is 0.250 e. The van der Waals surface area contributed by atoms with Crippen LogP contribution in [0.25, 0.3) is 0 Å². The van der Waals surface area contributed by atoms with E-state index in [9.17, 15) is 9.18 Å². The fourth-order valence-electron chi connectivity index (χ4n) is 0.722. The lowest BCUT2D eigenvalue weighted by Gasteiger charge is -2.17. The molecule has 1 radical (unpaired) electrons. The highest BCUT2D eigenvalue weighted by molar-refractivity contribution is 9.10. The highest BCUT2D eigenvalue weighted by Crippen LogP contribution is 2.25. The van der Waals surface area contributed by atoms with Crippen molar-refractivity contribution in [2.45, 2.75) is 30.4 Å². The number of ether oxygens (including phenoxy) is 1. The molecular weight excluding hydrogens is 215 g/mol. The summed E-state index contributed by atoms with van der Waals surface area (Å²) in [5, 5.41) is 0. The van der Waals surface area contributed by atoms with Gasteiger partial charge in [-0.1, -0.05) is 6.92 Å². The van der Waals surface area contributed by atoms with Gasteiger partial charge in [0, 0.05) is 13.5 Å². The zero-order valence-corrected chi connectivity index (χ0v) is 8.15. The standard InChI is InChI=1S/C7H11BrFO2/c1-3-6(11-2)4-7(8,9)5-10/h6H,3-4H2,1-2H3. The molecule has 4 heteroatoms. The maximum atomic E-state index is 12.9. The van der Waals surface area contributed by atoms with E-state index in [0.29, 0.717) is 6.42 Å². The average molecular weight is 226 g/mol. The van der Waals surface area contributed by atoms with E-state index in [4.69, 9.17) is 4.74 Å². The number of carbonyl (C=O) groups excluding carboxylic acids is 1. The Kier molecular flexibility index (Phi) is 4.84. The summed E-state index contributed by atoms with van der Waals surface area (Å²) in [6, 6.07) is 0. The van der Waals surface area contributed by atoms with Gasteiger partial charge in [0.15, 0.2) is 0 Å². The second kappa shape index (κ2) is 4.83. The molecule has 0 aliphatic carbocycles. The van der Waals surface area contributed by atoms with Crippen LogP contribution in [0.5, 0.6) is 0 Å². The molecule has 0 amide bonds. The largest absolute Gasteiger partial charge is 0.381 e. The third kappa shape index (κ3) is 4.48. The fraction of sp³-hybridized carbons (Fsp3) is 0.857. The highest BCUT2D eigenvalue weighted by atomic mass is 79.9. The van der Waals surface area contributed by atoms with E-state index in [-0.39, 0.29) is 12.5 Å². The monoisotopic (exact) mass is 225 g/mol. The Labute approximate surface area is 74.2 Å². The second-order valence-corrected chi connectivity index (χ2v) is 3.53. The molecule has 0 aromatic rings. The molecule has 11 heavy (non-hydrogen) atoms. The molecule has 2 nitrogen and oxygen atoms in total. The fourth-order valence-corrected chi connectivity index (χ4v) is 1.08. The van der Waals surface area contributed by atoms with Crippen LogP contribution >= 0.6 is 15.9 Å². The number of hydrogen-bond acceptors (Lipinski definition) is 2. The molecule has 0 aliphatic rings. The third-order valence-electron chi connectivity index (χ3n) is 1.42. The van der Waals surface area contributed by atoms with Gasteiger partial charge in [-0.15, -0.1) is 0 Å². The lowest BCUT2D eigenvalue weighted by Crippen LogP contribution is -2.24. The Morgan fingerprint density at radius 1 is 1.82 bits per heavy atom. The van der Waals surface area contributed by atoms with Gasteiger partial charge in [-0.05, 0) is 22.4 Å². The molecule has 0 aliphatic heterocycles. The van der Waals surface area contributed by atoms with E-state index in [1.165, 1.54) is 13.4 Å². The summed E-state index contributed by atoms with van der Waals surface area (Å²) in [7, 11) is 1.49. The van der Waals surface area contributed by atoms with Gasteiger partial charge in [0.05, 0.1) is 6.10 Å². The minimum absolute atomic E-state index is 0.00347. The lowest BCUT2D eigenvalue weighted by atomic mass is 10.1. The Morgan fingerprint density at radius 2 is 2.36 bits per heavy atom. The van der Waals surface area contributed by atoms with E-state index in [0.717, 1.165) is 0 Å². The predicted octanol–water partition coefficient (Wildman–Crippen LogP) is 1.97. The van der Waals surface area contributed by atoms with Crippen LogP contribution in [0.3, 0.4) is 0 Å². The van der Waals surface area contributed by atoms with Gasteiger partial charge in [0.2, 0.25) is 4.58 Å². The normalized spacial score (nSPS) is 18.9. The topological polar surface area (TPSA) is 26.3 Å². The van der Waals surface area contributed by atoms with Crippen molar-refractivity contribution < 1.29 is 13.9 Å². The average Bonchev–Trinajstić information content (AvgIpc) is 2.00. The van der Waals surface area contributed by atoms with E-state index in [2.05, 4.69) is 15.9 Å². The van der Waals surface area contributed by atoms with E-state index in [1.54, 1.807) is 0 Å². The minimum Gasteiger partial charge on any atom is -0.381 e. The summed E-state index contributed by atoms with van der Waals surface area (Å²) < 4.78 is 15.7. The van der Waals surface area contributed by atoms with Gasteiger partial charge >= 0.3 is 0 Å². The SMILES string of the molecule is CCC(CC(F)(Br)[C]=O)OC. The molecule has 0 saturated heterocycles. The van der Waals surface area contributed by atoms with Gasteiger partial charge in [-0.25, -0.2) is 4.39 Å². The first-order valence-electron chi connectivity index (χ1n) is 3.35. The summed E-state index contributed by atoms with van der Waals surface area (Å²) in [6.07, 6.45) is 1.70. The lowest BCUT2D eigenvalue weighted by molar-refractivity contribution is 0.0744. The number of halogens is 2. The Hall–Kier alpha value is 0.0400. The number of alkyl halides is 2. The van der Waals surface area contributed by atoms with Crippen LogP contribution in [-0.2, 0) is 9.53 Å². The van der Waals surface area contributed by atoms with Gasteiger partial charge in [-0.3, -0.25) is 4.79 Å². The van der Waals surface area contributed by atoms with Crippen LogP contribution in [0.4, 0.5) is 4.39 Å². The molecule has 2 atom stereocenters. The predicted molar refractivity (Wildman–Crippen MR) is 44.2 cm³/mol. The minimum atomic E-state index is -2.05. The quantitative estimate of drug-likeness (QED) is 0.670. The Morgan fingerprint density at radius 3 is 2.64 bits per heavy atom. The van der Waals surface area contributed by atoms with Gasteiger partial charge < -0.3 is 4.74 Å². The van der Waals surface area contributed by atoms with Crippen molar-refractivity contribution in [2.24, 2.45) is 0 Å². The van der Waals surface area contributed by atoms with Crippen molar-refractivity contribution in [1.29, 1.82) is 0 Å². The summed E-state index contributed by atoms with van der Waals surface area (Å²) in [4.78, 5) is 9.99. The third-order valence-corrected chi connectivity index (χ3v) is 1.91. The molecule has 0 fully saturated rings. The van der Waals surface area contributed by atoms with Crippen LogP contribution < -0.4 is 0 Å². The molecule has 0 spiro atoms. The van der Waals surface area contributed by atoms with E-state index in [1.807, 2.05) is 6.92 Å². The maximum absolute atomic E-state index is 12.9. The van der Waals surface area contributed by atoms with Gasteiger partial charge in [-0.2, -0.15) is 0 Å². The molecule has 2 unspecified atom stereocenters. The van der Waals surface area contributed by atoms with Crippen LogP contribution in [0, 0.1) is 0 Å². The molecule has 0 aromatic heterocycles. The molecule has 0 heterocycles. The van der Waals surface area contributed by atoms with Crippen molar-refractivity contribution in [1.82, 2.24) is 0 Å². The van der Waals surface area contributed by atoms with Crippen LogP contribution in [0.15, 0.2) is 0 Å². The molecule has 0 rings (SSSR count). The number of methoxy groups -OCH3 is 1. The molecule has 0 bridgehead atoms. The van der Waals surface area contributed by atoms with Crippen molar-refractivity contribution in [2.75, 3.05) is 7.11 Å². The molecule has 0 saturated carbocycles. The summed E-state index contributed by atoms with van der Waals surface area (Å²) in [5.74, 6) is 0. The van der Waals surface area contributed by atoms with Crippen molar-refractivity contribution in [3.63, 3.8) is 0 Å². The first-order chi connectivity index (χ1) is 5.05. The molecular formula is C7H11BrFO2. The van der Waals surface area contributed by atoms with E-state index >= 15 is 0 Å². The first-order valence-corrected chi connectivity index (χ1v) is 4.15. The molecule has 0 N–H and O–H groups in total. The zero-order valence-electron chi connectivity index (χ0n) is 6.56. The summed E-state index contributed by atoms with van der Waals surface area (Å²) >= 11 is 2.59. The highest BCUT2D eigenvalue weighted by Gasteiger charge is 2.29. The summed E-state index contributed by atoms with van der Waals surface area (Å²) in [6.45, 7) is 1.86. The Bertz CT molecular complexity index is 124. The van der Waals surface area contributed by atoms with Crippen LogP contribution in [0.2, 0.25) is 0 Å². The van der Waals surface area contributed by atoms with Gasteiger partial charge in [0.25, 0.3) is 6.29 Å². The van der Waals surface area contributed by atoms with Gasteiger partial charge in [0.1, 0.15) is 0 Å². The number of hydrogen-bond donors (Lipinski definition) is 0. The van der Waals surface area contributed by atoms with E-state index < -0.39 is 4.58 Å². The zero-order chi connectivity index (χ0) is 8.91. The van der Waals surface area contributed by atoms with Crippen molar-refractivity contribution in [3.05, 3.63) is 0 Å². The van der Waals surface area contributed by atoms with Crippen LogP contribution in [0.1, 0.15) is 19.8 Å². The Balaban J connectivity index is 3.88. The summed E-state index contributed by atoms with van der Waals surface area (Å²) in [5.41, 5.74) is 0. The molecule has 0 aromatic carbocycles. The maximum Gasteiger partial charge on any atom is 0.250 e. The second-order valence-electron chi connectivity index (χ2n) is 2.28. The van der Waals surface area contributed by atoms with Crippen LogP contribution in [-0.4, -0.2) is 24.1 Å². The van der Waals surface area contributed by atoms with Crippen molar-refractivity contribution >= 4 is 22.2 Å². The first kappa shape index (κ1) is 11.0. The number of rotatable bonds is 5.